The second-order valence-electron chi connectivity index (χ2n) is 7.19. The fourth-order valence-corrected chi connectivity index (χ4v) is 4.27. The predicted octanol–water partition coefficient (Wildman–Crippen LogP) is -0.103. The van der Waals surface area contributed by atoms with Gasteiger partial charge in [-0.2, -0.15) is 9.40 Å². The summed E-state index contributed by atoms with van der Waals surface area (Å²) in [4.78, 5) is 14.4. The second-order valence-corrected chi connectivity index (χ2v) is 9.17. The van der Waals surface area contributed by atoms with Gasteiger partial charge in [-0.1, -0.05) is 0 Å². The van der Waals surface area contributed by atoms with Gasteiger partial charge in [-0.25, -0.2) is 8.42 Å². The van der Waals surface area contributed by atoms with Crippen molar-refractivity contribution in [1.29, 1.82) is 0 Å². The predicted molar refractivity (Wildman–Crippen MR) is 96.8 cm³/mol. The lowest BCUT2D eigenvalue weighted by atomic mass is 10.0. The fraction of sp³-hybridized carbons (Fsp3) is 0.750. The Morgan fingerprint density at radius 3 is 2.56 bits per heavy atom. The van der Waals surface area contributed by atoms with Crippen LogP contribution in [0, 0.1) is 19.8 Å². The van der Waals surface area contributed by atoms with Gasteiger partial charge in [-0.15, -0.1) is 0 Å². The minimum Gasteiger partial charge on any atom is -0.352 e. The van der Waals surface area contributed by atoms with Crippen LogP contribution in [0.15, 0.2) is 0 Å². The van der Waals surface area contributed by atoms with Gasteiger partial charge in [0.15, 0.2) is 0 Å². The highest BCUT2D eigenvalue weighted by atomic mass is 32.2. The van der Waals surface area contributed by atoms with Gasteiger partial charge in [-0.05, 0) is 39.9 Å². The molecule has 0 unspecified atom stereocenters. The van der Waals surface area contributed by atoms with E-state index in [0.717, 1.165) is 23.5 Å². The molecule has 1 fully saturated rings. The number of aromatic nitrogens is 2. The van der Waals surface area contributed by atoms with Crippen LogP contribution in [-0.4, -0.2) is 79.8 Å². The first-order valence-corrected chi connectivity index (χ1v) is 10.3. The third-order valence-electron chi connectivity index (χ3n) is 4.71. The number of nitrogens with one attached hydrogen (secondary N) is 2. The maximum Gasteiger partial charge on any atom is 0.220 e. The highest BCUT2D eigenvalue weighted by molar-refractivity contribution is 7.88. The van der Waals surface area contributed by atoms with Crippen molar-refractivity contribution >= 4 is 15.9 Å². The molecular weight excluding hydrogens is 342 g/mol. The minimum atomic E-state index is -3.25. The van der Waals surface area contributed by atoms with Gasteiger partial charge in [0.05, 0.1) is 11.9 Å². The van der Waals surface area contributed by atoms with E-state index < -0.39 is 10.0 Å². The van der Waals surface area contributed by atoms with Crippen molar-refractivity contribution in [2.24, 2.45) is 5.92 Å². The van der Waals surface area contributed by atoms with Crippen LogP contribution in [-0.2, 0) is 21.2 Å². The van der Waals surface area contributed by atoms with Crippen molar-refractivity contribution in [2.45, 2.75) is 32.7 Å². The Kier molecular flexibility index (Phi) is 6.23. The summed E-state index contributed by atoms with van der Waals surface area (Å²) in [5.41, 5.74) is 2.98. The molecule has 1 amide bonds. The Balaban J connectivity index is 1.97. The molecule has 1 aliphatic rings. The van der Waals surface area contributed by atoms with Gasteiger partial charge in [0, 0.05) is 43.7 Å². The third kappa shape index (κ3) is 5.26. The Labute approximate surface area is 150 Å². The SMILES string of the molecule is Cc1n[nH]c(C)c1CCC(=O)N[C@@H]1CN(S(C)(=O)=O)C[C@H]1CN(C)C. The van der Waals surface area contributed by atoms with Crippen LogP contribution < -0.4 is 5.32 Å². The van der Waals surface area contributed by atoms with Crippen LogP contribution in [0.2, 0.25) is 0 Å². The van der Waals surface area contributed by atoms with Crippen LogP contribution in [0.4, 0.5) is 0 Å². The van der Waals surface area contributed by atoms with E-state index in [1.807, 2.05) is 32.8 Å². The Morgan fingerprint density at radius 2 is 2.04 bits per heavy atom. The molecule has 0 aliphatic carbocycles. The lowest BCUT2D eigenvalue weighted by molar-refractivity contribution is -0.121. The minimum absolute atomic E-state index is 0.0518. The van der Waals surface area contributed by atoms with E-state index in [2.05, 4.69) is 15.5 Å². The number of aryl methyl sites for hydroxylation is 2. The average Bonchev–Trinajstić information content (AvgIpc) is 3.01. The number of H-pyrrole nitrogens is 1. The number of hydrogen-bond donors (Lipinski definition) is 2. The van der Waals surface area contributed by atoms with E-state index in [9.17, 15) is 13.2 Å². The molecule has 0 bridgehead atoms. The molecule has 9 heteroatoms. The monoisotopic (exact) mass is 371 g/mol. The lowest BCUT2D eigenvalue weighted by Crippen LogP contribution is -2.43. The molecule has 0 radical (unpaired) electrons. The number of rotatable bonds is 7. The van der Waals surface area contributed by atoms with E-state index in [1.165, 1.54) is 10.6 Å². The summed E-state index contributed by atoms with van der Waals surface area (Å²) in [6.07, 6.45) is 2.21. The number of sulfonamides is 1. The molecule has 0 spiro atoms. The molecule has 142 valence electrons. The molecule has 8 nitrogen and oxygen atoms in total. The molecule has 1 saturated heterocycles. The normalized spacial score (nSPS) is 21.8. The van der Waals surface area contributed by atoms with Crippen LogP contribution in [0.5, 0.6) is 0 Å². The first-order valence-electron chi connectivity index (χ1n) is 8.47. The van der Waals surface area contributed by atoms with Gasteiger partial charge >= 0.3 is 0 Å². The maximum atomic E-state index is 12.4. The molecule has 1 aromatic heterocycles. The fourth-order valence-electron chi connectivity index (χ4n) is 3.38. The summed E-state index contributed by atoms with van der Waals surface area (Å²) in [5, 5.41) is 10.1. The van der Waals surface area contributed by atoms with Crippen molar-refractivity contribution in [3.8, 4) is 0 Å². The zero-order valence-electron chi connectivity index (χ0n) is 15.7. The molecule has 2 rings (SSSR count). The van der Waals surface area contributed by atoms with Gasteiger partial charge in [0.2, 0.25) is 15.9 Å². The first kappa shape index (κ1) is 19.9. The molecule has 2 atom stereocenters. The number of carbonyl (C=O) groups excluding carboxylic acids is 1. The first-order chi connectivity index (χ1) is 11.6. The standard InChI is InChI=1S/C16H29N5O3S/c1-11-14(12(2)19-18-11)6-7-16(22)17-15-10-21(25(5,23)24)9-13(15)8-20(3)4/h13,15H,6-10H2,1-5H3,(H,17,22)(H,18,19)/t13-,15-/m1/s1. The Morgan fingerprint density at radius 1 is 1.36 bits per heavy atom. The summed E-state index contributed by atoms with van der Waals surface area (Å²) in [6.45, 7) is 5.39. The van der Waals surface area contributed by atoms with Crippen molar-refractivity contribution in [2.75, 3.05) is 40.0 Å². The molecular formula is C16H29N5O3S. The Bertz CT molecular complexity index is 694. The maximum absolute atomic E-state index is 12.4. The summed E-state index contributed by atoms with van der Waals surface area (Å²) in [6, 6.07) is -0.156. The van der Waals surface area contributed by atoms with E-state index >= 15 is 0 Å². The van der Waals surface area contributed by atoms with E-state index in [0.29, 0.717) is 25.9 Å². The number of aromatic amines is 1. The van der Waals surface area contributed by atoms with E-state index in [4.69, 9.17) is 0 Å². The molecule has 25 heavy (non-hydrogen) atoms. The topological polar surface area (TPSA) is 98.4 Å². The molecule has 1 aromatic rings. The number of carbonyl (C=O) groups is 1. The summed E-state index contributed by atoms with van der Waals surface area (Å²) < 4.78 is 25.1. The number of amides is 1. The largest absolute Gasteiger partial charge is 0.352 e. The number of hydrogen-bond acceptors (Lipinski definition) is 5. The van der Waals surface area contributed by atoms with Gasteiger partial charge in [0.25, 0.3) is 0 Å². The van der Waals surface area contributed by atoms with Crippen LogP contribution in [0.25, 0.3) is 0 Å². The van der Waals surface area contributed by atoms with Crippen LogP contribution >= 0.6 is 0 Å². The summed E-state index contributed by atoms with van der Waals surface area (Å²) in [5.74, 6) is 0.0372. The van der Waals surface area contributed by atoms with Crippen molar-refractivity contribution in [1.82, 2.24) is 24.7 Å². The van der Waals surface area contributed by atoms with Crippen molar-refractivity contribution in [3.05, 3.63) is 17.0 Å². The van der Waals surface area contributed by atoms with Crippen molar-refractivity contribution in [3.63, 3.8) is 0 Å². The van der Waals surface area contributed by atoms with Gasteiger partial charge in [-0.3, -0.25) is 9.89 Å². The molecule has 0 saturated carbocycles. The number of nitrogens with zero attached hydrogens (tertiary/aromatic N) is 3. The van der Waals surface area contributed by atoms with E-state index in [1.54, 1.807) is 0 Å². The lowest BCUT2D eigenvalue weighted by Gasteiger charge is -2.22. The molecule has 1 aliphatic heterocycles. The average molecular weight is 372 g/mol. The summed E-state index contributed by atoms with van der Waals surface area (Å²) >= 11 is 0. The highest BCUT2D eigenvalue weighted by Crippen LogP contribution is 2.21. The van der Waals surface area contributed by atoms with Crippen molar-refractivity contribution < 1.29 is 13.2 Å². The summed E-state index contributed by atoms with van der Waals surface area (Å²) in [7, 11) is 0.654. The molecule has 0 aromatic carbocycles. The second kappa shape index (κ2) is 7.84. The van der Waals surface area contributed by atoms with Gasteiger partial charge in [0.1, 0.15) is 0 Å². The molecule has 2 N–H and O–H groups in total. The van der Waals surface area contributed by atoms with Crippen LogP contribution in [0.3, 0.4) is 0 Å². The third-order valence-corrected chi connectivity index (χ3v) is 5.94. The van der Waals surface area contributed by atoms with E-state index in [-0.39, 0.29) is 17.9 Å². The Hall–Kier alpha value is -1.45. The van der Waals surface area contributed by atoms with Crippen LogP contribution in [0.1, 0.15) is 23.4 Å². The quantitative estimate of drug-likeness (QED) is 0.697. The zero-order chi connectivity index (χ0) is 18.8. The zero-order valence-corrected chi connectivity index (χ0v) is 16.5. The smallest absolute Gasteiger partial charge is 0.220 e. The van der Waals surface area contributed by atoms with Gasteiger partial charge < -0.3 is 10.2 Å². The molecule has 2 heterocycles. The highest BCUT2D eigenvalue weighted by Gasteiger charge is 2.37.